The lowest BCUT2D eigenvalue weighted by atomic mass is 10.0. The molecule has 0 radical (unpaired) electrons. The number of aliphatic carboxylic acids is 1. The van der Waals surface area contributed by atoms with Crippen molar-refractivity contribution in [3.05, 3.63) is 34.1 Å². The smallest absolute Gasteiger partial charge is 0.331 e. The summed E-state index contributed by atoms with van der Waals surface area (Å²) in [7, 11) is 0. The Morgan fingerprint density at radius 2 is 1.95 bits per heavy atom. The summed E-state index contributed by atoms with van der Waals surface area (Å²) in [6, 6.07) is 2.52. The summed E-state index contributed by atoms with van der Waals surface area (Å²) in [5, 5.41) is 9.35. The van der Waals surface area contributed by atoms with Gasteiger partial charge in [0.15, 0.2) is 6.04 Å². The molecule has 0 saturated carbocycles. The molecule has 1 N–H and O–H groups in total. The van der Waals surface area contributed by atoms with Gasteiger partial charge in [-0.25, -0.2) is 9.18 Å². The van der Waals surface area contributed by atoms with E-state index in [0.717, 1.165) is 0 Å². The molecule has 0 saturated heterocycles. The summed E-state index contributed by atoms with van der Waals surface area (Å²) in [6.07, 6.45) is 0. The fourth-order valence-corrected chi connectivity index (χ4v) is 2.34. The SMILES string of the molecule is CC(=O)N(C(C)C)C(C(=O)O)c1ccc(F)c(Br)c1. The van der Waals surface area contributed by atoms with Crippen LogP contribution in [0.5, 0.6) is 0 Å². The number of rotatable bonds is 4. The van der Waals surface area contributed by atoms with Gasteiger partial charge in [0.05, 0.1) is 4.47 Å². The minimum absolute atomic E-state index is 0.170. The molecule has 0 bridgehead atoms. The molecule has 1 unspecified atom stereocenters. The van der Waals surface area contributed by atoms with E-state index in [4.69, 9.17) is 0 Å². The number of carboxylic acid groups (broad SMARTS) is 1. The highest BCUT2D eigenvalue weighted by atomic mass is 79.9. The molecular formula is C13H15BrFNO3. The van der Waals surface area contributed by atoms with Gasteiger partial charge < -0.3 is 10.0 Å². The maximum absolute atomic E-state index is 13.2. The van der Waals surface area contributed by atoms with Crippen LogP contribution in [0, 0.1) is 5.82 Å². The van der Waals surface area contributed by atoms with Crippen molar-refractivity contribution in [1.82, 2.24) is 4.90 Å². The van der Waals surface area contributed by atoms with Crippen molar-refractivity contribution >= 4 is 27.8 Å². The topological polar surface area (TPSA) is 57.6 Å². The van der Waals surface area contributed by atoms with Crippen LogP contribution in [-0.2, 0) is 9.59 Å². The number of benzene rings is 1. The molecule has 1 rings (SSSR count). The average molecular weight is 332 g/mol. The van der Waals surface area contributed by atoms with Crippen molar-refractivity contribution in [3.63, 3.8) is 0 Å². The fraction of sp³-hybridized carbons (Fsp3) is 0.385. The molecule has 1 atom stereocenters. The quantitative estimate of drug-likeness (QED) is 0.922. The van der Waals surface area contributed by atoms with Crippen LogP contribution in [0.1, 0.15) is 32.4 Å². The third-order valence-corrected chi connectivity index (χ3v) is 3.30. The van der Waals surface area contributed by atoms with Crippen LogP contribution < -0.4 is 0 Å². The molecule has 1 aromatic carbocycles. The molecule has 4 nitrogen and oxygen atoms in total. The lowest BCUT2D eigenvalue weighted by molar-refractivity contribution is -0.151. The molecule has 19 heavy (non-hydrogen) atoms. The zero-order chi connectivity index (χ0) is 14.7. The Morgan fingerprint density at radius 3 is 2.32 bits per heavy atom. The van der Waals surface area contributed by atoms with E-state index in [0.29, 0.717) is 5.56 Å². The van der Waals surface area contributed by atoms with E-state index in [1.165, 1.54) is 30.0 Å². The van der Waals surface area contributed by atoms with Crippen molar-refractivity contribution in [1.29, 1.82) is 0 Å². The fourth-order valence-electron chi connectivity index (χ4n) is 1.95. The minimum atomic E-state index is -1.15. The van der Waals surface area contributed by atoms with E-state index >= 15 is 0 Å². The largest absolute Gasteiger partial charge is 0.479 e. The van der Waals surface area contributed by atoms with Crippen LogP contribution in [0.25, 0.3) is 0 Å². The zero-order valence-corrected chi connectivity index (χ0v) is 12.4. The summed E-state index contributed by atoms with van der Waals surface area (Å²) >= 11 is 3.02. The monoisotopic (exact) mass is 331 g/mol. The summed E-state index contributed by atoms with van der Waals surface area (Å²) in [5.74, 6) is -1.97. The van der Waals surface area contributed by atoms with Crippen LogP contribution in [0.3, 0.4) is 0 Å². The maximum atomic E-state index is 13.2. The summed E-state index contributed by atoms with van der Waals surface area (Å²) in [4.78, 5) is 24.3. The third-order valence-electron chi connectivity index (χ3n) is 2.69. The van der Waals surface area contributed by atoms with E-state index in [-0.39, 0.29) is 16.4 Å². The highest BCUT2D eigenvalue weighted by molar-refractivity contribution is 9.10. The molecule has 1 amide bonds. The van der Waals surface area contributed by atoms with Gasteiger partial charge in [0.2, 0.25) is 5.91 Å². The van der Waals surface area contributed by atoms with Crippen LogP contribution in [0.4, 0.5) is 4.39 Å². The Morgan fingerprint density at radius 1 is 1.37 bits per heavy atom. The van der Waals surface area contributed by atoms with Gasteiger partial charge in [-0.15, -0.1) is 0 Å². The van der Waals surface area contributed by atoms with Crippen molar-refractivity contribution in [2.24, 2.45) is 0 Å². The van der Waals surface area contributed by atoms with Gasteiger partial charge in [0, 0.05) is 13.0 Å². The van der Waals surface area contributed by atoms with Gasteiger partial charge >= 0.3 is 5.97 Å². The predicted octanol–water partition coefficient (Wildman–Crippen LogP) is 2.97. The summed E-state index contributed by atoms with van der Waals surface area (Å²) in [5.41, 5.74) is 0.352. The number of carbonyl (C=O) groups is 2. The van der Waals surface area contributed by atoms with Gasteiger partial charge in [-0.3, -0.25) is 4.79 Å². The van der Waals surface area contributed by atoms with Crippen LogP contribution in [0.15, 0.2) is 22.7 Å². The van der Waals surface area contributed by atoms with Gasteiger partial charge in [0.1, 0.15) is 5.82 Å². The zero-order valence-electron chi connectivity index (χ0n) is 10.9. The lowest BCUT2D eigenvalue weighted by Crippen LogP contribution is -2.42. The molecule has 6 heteroatoms. The number of carbonyl (C=O) groups excluding carboxylic acids is 1. The number of halogens is 2. The third kappa shape index (κ3) is 3.53. The molecule has 1 aromatic rings. The molecular weight excluding hydrogens is 317 g/mol. The van der Waals surface area contributed by atoms with Crippen LogP contribution >= 0.6 is 15.9 Å². The van der Waals surface area contributed by atoms with Crippen LogP contribution in [-0.4, -0.2) is 27.9 Å². The highest BCUT2D eigenvalue weighted by Gasteiger charge is 2.31. The van der Waals surface area contributed by atoms with E-state index < -0.39 is 17.8 Å². The Hall–Kier alpha value is -1.43. The average Bonchev–Trinajstić information content (AvgIpc) is 2.28. The summed E-state index contributed by atoms with van der Waals surface area (Å²) in [6.45, 7) is 4.78. The highest BCUT2D eigenvalue weighted by Crippen LogP contribution is 2.27. The number of carboxylic acids is 1. The van der Waals surface area contributed by atoms with Gasteiger partial charge in [-0.2, -0.15) is 0 Å². The van der Waals surface area contributed by atoms with E-state index in [9.17, 15) is 19.1 Å². The minimum Gasteiger partial charge on any atom is -0.479 e. The van der Waals surface area contributed by atoms with Gasteiger partial charge in [-0.1, -0.05) is 6.07 Å². The second-order valence-electron chi connectivity index (χ2n) is 4.43. The molecule has 104 valence electrons. The van der Waals surface area contributed by atoms with Crippen molar-refractivity contribution in [3.8, 4) is 0 Å². The Bertz CT molecular complexity index is 505. The predicted molar refractivity (Wildman–Crippen MR) is 72.1 cm³/mol. The van der Waals surface area contributed by atoms with Crippen molar-refractivity contribution in [2.45, 2.75) is 32.9 Å². The molecule has 0 spiro atoms. The Labute approximate surface area is 119 Å². The van der Waals surface area contributed by atoms with E-state index in [2.05, 4.69) is 15.9 Å². The summed E-state index contributed by atoms with van der Waals surface area (Å²) < 4.78 is 13.4. The Balaban J connectivity index is 3.30. The number of nitrogens with zero attached hydrogens (tertiary/aromatic N) is 1. The molecule has 0 fully saturated rings. The van der Waals surface area contributed by atoms with Crippen molar-refractivity contribution < 1.29 is 19.1 Å². The molecule has 0 aromatic heterocycles. The molecule has 0 aliphatic heterocycles. The number of hydrogen-bond acceptors (Lipinski definition) is 2. The van der Waals surface area contributed by atoms with Crippen molar-refractivity contribution in [2.75, 3.05) is 0 Å². The second-order valence-corrected chi connectivity index (χ2v) is 5.29. The lowest BCUT2D eigenvalue weighted by Gasteiger charge is -2.31. The maximum Gasteiger partial charge on any atom is 0.331 e. The normalized spacial score (nSPS) is 12.3. The number of hydrogen-bond donors (Lipinski definition) is 1. The first-order valence-electron chi connectivity index (χ1n) is 5.72. The van der Waals surface area contributed by atoms with E-state index in [1.807, 2.05) is 0 Å². The number of amides is 1. The van der Waals surface area contributed by atoms with E-state index in [1.54, 1.807) is 13.8 Å². The van der Waals surface area contributed by atoms with Gasteiger partial charge in [-0.05, 0) is 47.5 Å². The Kier molecular flexibility index (Phi) is 5.05. The molecule has 0 heterocycles. The standard InChI is InChI=1S/C13H15BrFNO3/c1-7(2)16(8(3)17)12(13(18)19)9-4-5-11(15)10(14)6-9/h4-7,12H,1-3H3,(H,18,19). The van der Waals surface area contributed by atoms with Gasteiger partial charge in [0.25, 0.3) is 0 Å². The first-order valence-corrected chi connectivity index (χ1v) is 6.51. The first-order chi connectivity index (χ1) is 8.75. The molecule has 0 aliphatic rings. The second kappa shape index (κ2) is 6.14. The first kappa shape index (κ1) is 15.6. The molecule has 0 aliphatic carbocycles. The van der Waals surface area contributed by atoms with Crippen LogP contribution in [0.2, 0.25) is 0 Å².